The highest BCUT2D eigenvalue weighted by atomic mass is 79.9. The number of nitrogens with one attached hydrogen (secondary N) is 1. The van der Waals surface area contributed by atoms with Crippen LogP contribution in [0.3, 0.4) is 0 Å². The van der Waals surface area contributed by atoms with Gasteiger partial charge in [-0.3, -0.25) is 4.90 Å². The first-order valence-electron chi connectivity index (χ1n) is 7.64. The molecule has 110 valence electrons. The quantitative estimate of drug-likeness (QED) is 0.879. The van der Waals surface area contributed by atoms with E-state index in [9.17, 15) is 4.39 Å². The van der Waals surface area contributed by atoms with Gasteiger partial charge in [-0.05, 0) is 65.9 Å². The second-order valence-corrected chi connectivity index (χ2v) is 6.91. The minimum atomic E-state index is -0.180. The highest BCUT2D eigenvalue weighted by Crippen LogP contribution is 2.29. The molecule has 1 aromatic rings. The fraction of sp³-hybridized carbons (Fsp3) is 0.625. The number of piperidine rings is 1. The maximum absolute atomic E-state index is 13.3. The first kappa shape index (κ1) is 14.5. The van der Waals surface area contributed by atoms with Gasteiger partial charge < -0.3 is 5.32 Å². The van der Waals surface area contributed by atoms with Crippen LogP contribution >= 0.6 is 15.9 Å². The molecular weight excluding hydrogens is 319 g/mol. The summed E-state index contributed by atoms with van der Waals surface area (Å²) in [6, 6.07) is 6.75. The number of nitrogens with zero attached hydrogens (tertiary/aromatic N) is 1. The van der Waals surface area contributed by atoms with Gasteiger partial charge in [-0.1, -0.05) is 12.5 Å². The predicted octanol–water partition coefficient (Wildman–Crippen LogP) is 3.69. The van der Waals surface area contributed by atoms with Crippen molar-refractivity contribution in [1.82, 2.24) is 10.2 Å². The standard InChI is InChI=1S/C16H22BrFN2/c17-15-9-12(4-7-16(15)18)10-20(14-5-6-14)11-13-3-1-2-8-19-13/h4,7,9,13-14,19H,1-3,5-6,8,10-11H2. The minimum Gasteiger partial charge on any atom is -0.313 e. The average Bonchev–Trinajstić information content (AvgIpc) is 3.28. The van der Waals surface area contributed by atoms with Crippen LogP contribution in [0.4, 0.5) is 4.39 Å². The molecule has 0 amide bonds. The van der Waals surface area contributed by atoms with E-state index in [4.69, 9.17) is 0 Å². The summed E-state index contributed by atoms with van der Waals surface area (Å²) >= 11 is 3.28. The van der Waals surface area contributed by atoms with E-state index < -0.39 is 0 Å². The van der Waals surface area contributed by atoms with E-state index in [1.54, 1.807) is 6.07 Å². The molecule has 1 heterocycles. The van der Waals surface area contributed by atoms with E-state index in [0.29, 0.717) is 10.5 Å². The summed E-state index contributed by atoms with van der Waals surface area (Å²) in [6.07, 6.45) is 6.57. The van der Waals surface area contributed by atoms with E-state index in [-0.39, 0.29) is 5.82 Å². The molecule has 4 heteroatoms. The van der Waals surface area contributed by atoms with Gasteiger partial charge in [0.25, 0.3) is 0 Å². The van der Waals surface area contributed by atoms with Crippen molar-refractivity contribution in [2.45, 2.75) is 50.7 Å². The Hall–Kier alpha value is -0.450. The van der Waals surface area contributed by atoms with Crippen molar-refractivity contribution >= 4 is 15.9 Å². The van der Waals surface area contributed by atoms with Crippen molar-refractivity contribution in [2.24, 2.45) is 0 Å². The number of halogens is 2. The van der Waals surface area contributed by atoms with E-state index in [0.717, 1.165) is 25.7 Å². The van der Waals surface area contributed by atoms with Crippen molar-refractivity contribution in [2.75, 3.05) is 13.1 Å². The molecule has 0 aromatic heterocycles. The van der Waals surface area contributed by atoms with Crippen LogP contribution < -0.4 is 5.32 Å². The van der Waals surface area contributed by atoms with Gasteiger partial charge in [0.15, 0.2) is 0 Å². The molecule has 2 fully saturated rings. The maximum Gasteiger partial charge on any atom is 0.137 e. The molecule has 1 unspecified atom stereocenters. The number of hydrogen-bond donors (Lipinski definition) is 1. The lowest BCUT2D eigenvalue weighted by Crippen LogP contribution is -2.44. The van der Waals surface area contributed by atoms with Crippen LogP contribution in [0.15, 0.2) is 22.7 Å². The van der Waals surface area contributed by atoms with Gasteiger partial charge in [0.1, 0.15) is 5.82 Å². The van der Waals surface area contributed by atoms with Gasteiger partial charge in [-0.15, -0.1) is 0 Å². The molecule has 1 aliphatic heterocycles. The Morgan fingerprint density at radius 3 is 2.75 bits per heavy atom. The van der Waals surface area contributed by atoms with Gasteiger partial charge in [0.2, 0.25) is 0 Å². The highest BCUT2D eigenvalue weighted by molar-refractivity contribution is 9.10. The Kier molecular flexibility index (Phi) is 4.74. The molecule has 1 aliphatic carbocycles. The fourth-order valence-corrected chi connectivity index (χ4v) is 3.44. The Morgan fingerprint density at radius 2 is 2.10 bits per heavy atom. The lowest BCUT2D eigenvalue weighted by Gasteiger charge is -2.30. The molecule has 1 atom stereocenters. The topological polar surface area (TPSA) is 15.3 Å². The maximum atomic E-state index is 13.3. The zero-order chi connectivity index (χ0) is 13.9. The second kappa shape index (κ2) is 6.54. The summed E-state index contributed by atoms with van der Waals surface area (Å²) in [6.45, 7) is 3.21. The molecule has 1 aromatic carbocycles. The Balaban J connectivity index is 1.62. The van der Waals surface area contributed by atoms with Gasteiger partial charge >= 0.3 is 0 Å². The van der Waals surface area contributed by atoms with Gasteiger partial charge in [0.05, 0.1) is 4.47 Å². The lowest BCUT2D eigenvalue weighted by atomic mass is 10.0. The molecule has 1 saturated carbocycles. The molecule has 3 rings (SSSR count). The third-order valence-electron chi connectivity index (χ3n) is 4.30. The van der Waals surface area contributed by atoms with E-state index in [2.05, 4.69) is 26.1 Å². The molecular formula is C16H22BrFN2. The summed E-state index contributed by atoms with van der Waals surface area (Å²) in [5, 5.41) is 3.63. The van der Waals surface area contributed by atoms with Crippen LogP contribution in [0, 0.1) is 5.82 Å². The molecule has 0 spiro atoms. The third-order valence-corrected chi connectivity index (χ3v) is 4.91. The largest absolute Gasteiger partial charge is 0.313 e. The molecule has 2 nitrogen and oxygen atoms in total. The van der Waals surface area contributed by atoms with Gasteiger partial charge in [-0.25, -0.2) is 4.39 Å². The summed E-state index contributed by atoms with van der Waals surface area (Å²) in [5.41, 5.74) is 1.20. The van der Waals surface area contributed by atoms with Crippen LogP contribution in [0.2, 0.25) is 0 Å². The lowest BCUT2D eigenvalue weighted by molar-refractivity contribution is 0.208. The third kappa shape index (κ3) is 3.80. The van der Waals surface area contributed by atoms with Crippen LogP contribution in [0.25, 0.3) is 0 Å². The van der Waals surface area contributed by atoms with Crippen LogP contribution in [-0.4, -0.2) is 30.1 Å². The number of hydrogen-bond acceptors (Lipinski definition) is 2. The molecule has 1 saturated heterocycles. The number of benzene rings is 1. The molecule has 2 aliphatic rings. The van der Waals surface area contributed by atoms with Crippen molar-refractivity contribution in [1.29, 1.82) is 0 Å². The van der Waals surface area contributed by atoms with Crippen molar-refractivity contribution in [3.8, 4) is 0 Å². The summed E-state index contributed by atoms with van der Waals surface area (Å²) in [4.78, 5) is 2.57. The average molecular weight is 341 g/mol. The fourth-order valence-electron chi connectivity index (χ4n) is 3.02. The molecule has 1 N–H and O–H groups in total. The van der Waals surface area contributed by atoms with Crippen LogP contribution in [0.5, 0.6) is 0 Å². The van der Waals surface area contributed by atoms with Crippen LogP contribution in [0.1, 0.15) is 37.7 Å². The van der Waals surface area contributed by atoms with Crippen molar-refractivity contribution < 1.29 is 4.39 Å². The van der Waals surface area contributed by atoms with Crippen molar-refractivity contribution in [3.05, 3.63) is 34.1 Å². The number of rotatable bonds is 5. The predicted molar refractivity (Wildman–Crippen MR) is 83.2 cm³/mol. The Bertz CT molecular complexity index is 456. The normalized spacial score (nSPS) is 23.2. The first-order valence-corrected chi connectivity index (χ1v) is 8.43. The minimum absolute atomic E-state index is 0.180. The molecule has 20 heavy (non-hydrogen) atoms. The van der Waals surface area contributed by atoms with Gasteiger partial charge in [-0.2, -0.15) is 0 Å². The zero-order valence-electron chi connectivity index (χ0n) is 11.7. The van der Waals surface area contributed by atoms with E-state index >= 15 is 0 Å². The van der Waals surface area contributed by atoms with Crippen LogP contribution in [-0.2, 0) is 6.54 Å². The zero-order valence-corrected chi connectivity index (χ0v) is 13.3. The molecule has 0 bridgehead atoms. The summed E-state index contributed by atoms with van der Waals surface area (Å²) < 4.78 is 13.9. The monoisotopic (exact) mass is 340 g/mol. The second-order valence-electron chi connectivity index (χ2n) is 6.06. The molecule has 0 radical (unpaired) electrons. The summed E-state index contributed by atoms with van der Waals surface area (Å²) in [5.74, 6) is -0.180. The van der Waals surface area contributed by atoms with Gasteiger partial charge in [0, 0.05) is 25.2 Å². The Labute approximate surface area is 128 Å². The van der Waals surface area contributed by atoms with E-state index in [1.165, 1.54) is 37.7 Å². The first-order chi connectivity index (χ1) is 9.72. The van der Waals surface area contributed by atoms with Crippen molar-refractivity contribution in [3.63, 3.8) is 0 Å². The summed E-state index contributed by atoms with van der Waals surface area (Å²) in [7, 11) is 0. The van der Waals surface area contributed by atoms with E-state index in [1.807, 2.05) is 12.1 Å². The highest BCUT2D eigenvalue weighted by Gasteiger charge is 2.30. The Morgan fingerprint density at radius 1 is 1.25 bits per heavy atom. The smallest absolute Gasteiger partial charge is 0.137 e. The SMILES string of the molecule is Fc1ccc(CN(CC2CCCCN2)C2CC2)cc1Br.